The van der Waals surface area contributed by atoms with Crippen molar-refractivity contribution in [1.82, 2.24) is 16.0 Å². The van der Waals surface area contributed by atoms with Gasteiger partial charge in [0.1, 0.15) is 11.7 Å². The predicted molar refractivity (Wildman–Crippen MR) is 98.9 cm³/mol. The Kier molecular flexibility index (Phi) is 3.84. The molecule has 1 saturated heterocycles. The fourth-order valence-corrected chi connectivity index (χ4v) is 3.91. The lowest BCUT2D eigenvalue weighted by Crippen LogP contribution is -2.70. The van der Waals surface area contributed by atoms with E-state index in [0.29, 0.717) is 11.7 Å². The molecule has 4 rings (SSSR count). The van der Waals surface area contributed by atoms with E-state index in [-0.39, 0.29) is 11.9 Å². The fourth-order valence-electron chi connectivity index (χ4n) is 3.58. The van der Waals surface area contributed by atoms with Crippen LogP contribution in [0.15, 0.2) is 54.6 Å². The molecule has 0 spiro atoms. The molecule has 2 aliphatic rings. The van der Waals surface area contributed by atoms with Gasteiger partial charge in [0.2, 0.25) is 5.91 Å². The lowest BCUT2D eigenvalue weighted by atomic mass is 9.80. The number of carbonyl (C=O) groups is 1. The first-order valence-electron chi connectivity index (χ1n) is 8.25. The maximum Gasteiger partial charge on any atom is 0.231 e. The molecule has 0 aromatic heterocycles. The second-order valence-electron chi connectivity index (χ2n) is 6.50. The number of nitrogens with one attached hydrogen (secondary N) is 3. The van der Waals surface area contributed by atoms with Gasteiger partial charge >= 0.3 is 0 Å². The van der Waals surface area contributed by atoms with Crippen LogP contribution in [0.4, 0.5) is 0 Å². The predicted octanol–water partition coefficient (Wildman–Crippen LogP) is 2.25. The molecule has 5 nitrogen and oxygen atoms in total. The summed E-state index contributed by atoms with van der Waals surface area (Å²) >= 11 is 5.31. The minimum Gasteiger partial charge on any atom is -0.467 e. The third-order valence-electron chi connectivity index (χ3n) is 4.74. The molecule has 6 heteroatoms. The lowest BCUT2D eigenvalue weighted by Gasteiger charge is -2.50. The quantitative estimate of drug-likeness (QED) is 0.739. The van der Waals surface area contributed by atoms with E-state index in [1.807, 2.05) is 61.5 Å². The Hall–Kier alpha value is -2.60. The molecule has 2 heterocycles. The summed E-state index contributed by atoms with van der Waals surface area (Å²) in [5.41, 5.74) is 1.12. The van der Waals surface area contributed by atoms with Crippen LogP contribution in [0.2, 0.25) is 0 Å². The van der Waals surface area contributed by atoms with Crippen LogP contribution >= 0.6 is 12.2 Å². The summed E-state index contributed by atoms with van der Waals surface area (Å²) in [4.78, 5) is 13.0. The number of thiocarbonyl (C=S) groups is 1. The van der Waals surface area contributed by atoms with E-state index in [2.05, 4.69) is 16.0 Å². The van der Waals surface area contributed by atoms with Crippen LogP contribution in [0.1, 0.15) is 24.1 Å². The Morgan fingerprint density at radius 1 is 1.20 bits per heavy atom. The van der Waals surface area contributed by atoms with Crippen molar-refractivity contribution in [1.29, 1.82) is 0 Å². The second-order valence-corrected chi connectivity index (χ2v) is 6.91. The highest BCUT2D eigenvalue weighted by atomic mass is 32.1. The topological polar surface area (TPSA) is 62.4 Å². The third-order valence-corrected chi connectivity index (χ3v) is 4.96. The van der Waals surface area contributed by atoms with E-state index >= 15 is 0 Å². The molecule has 2 aliphatic heterocycles. The van der Waals surface area contributed by atoms with Crippen LogP contribution in [0.25, 0.3) is 0 Å². The van der Waals surface area contributed by atoms with Gasteiger partial charge in [-0.05, 0) is 30.8 Å². The molecule has 2 aromatic carbocycles. The highest BCUT2D eigenvalue weighted by molar-refractivity contribution is 7.80. The molecular formula is C19H19N3O2S. The summed E-state index contributed by atoms with van der Waals surface area (Å²) in [5.74, 6) is 0.246. The average Bonchev–Trinajstić information content (AvgIpc) is 2.59. The molecule has 0 radical (unpaired) electrons. The maximum atomic E-state index is 13.0. The molecule has 25 heavy (non-hydrogen) atoms. The minimum absolute atomic E-state index is 0.0756. The van der Waals surface area contributed by atoms with Crippen molar-refractivity contribution in [3.8, 4) is 5.75 Å². The second kappa shape index (κ2) is 6.04. The van der Waals surface area contributed by atoms with E-state index in [1.165, 1.54) is 0 Å². The first kappa shape index (κ1) is 15.9. The zero-order valence-corrected chi connectivity index (χ0v) is 14.6. The first-order valence-corrected chi connectivity index (χ1v) is 8.66. The van der Waals surface area contributed by atoms with Crippen molar-refractivity contribution < 1.29 is 9.53 Å². The zero-order chi connectivity index (χ0) is 17.4. The van der Waals surface area contributed by atoms with Crippen LogP contribution in [-0.2, 0) is 11.3 Å². The number of hydrogen-bond acceptors (Lipinski definition) is 3. The van der Waals surface area contributed by atoms with Gasteiger partial charge in [-0.3, -0.25) is 4.79 Å². The van der Waals surface area contributed by atoms with Crippen LogP contribution in [0.5, 0.6) is 5.75 Å². The molecule has 0 aliphatic carbocycles. The van der Waals surface area contributed by atoms with Gasteiger partial charge in [0.05, 0.1) is 6.04 Å². The number of fused-ring (bicyclic) bond motifs is 4. The summed E-state index contributed by atoms with van der Waals surface area (Å²) < 4.78 is 6.15. The highest BCUT2D eigenvalue weighted by Gasteiger charge is 2.54. The molecule has 3 N–H and O–H groups in total. The van der Waals surface area contributed by atoms with Crippen molar-refractivity contribution in [3.05, 3.63) is 65.7 Å². The molecule has 2 bridgehead atoms. The Bertz CT molecular complexity index is 826. The summed E-state index contributed by atoms with van der Waals surface area (Å²) in [6, 6.07) is 17.4. The monoisotopic (exact) mass is 353 g/mol. The SMILES string of the molecule is C[C@@]12NC(=S)N[C@H](c3ccccc3O1)[C@H]2C(=O)NCc1ccccc1. The van der Waals surface area contributed by atoms with E-state index < -0.39 is 11.6 Å². The Labute approximate surface area is 151 Å². The van der Waals surface area contributed by atoms with Crippen LogP contribution in [0.3, 0.4) is 0 Å². The van der Waals surface area contributed by atoms with Crippen molar-refractivity contribution in [2.45, 2.75) is 25.2 Å². The summed E-state index contributed by atoms with van der Waals surface area (Å²) in [6.45, 7) is 2.35. The zero-order valence-electron chi connectivity index (χ0n) is 13.8. The van der Waals surface area contributed by atoms with Gasteiger partial charge in [-0.2, -0.15) is 0 Å². The van der Waals surface area contributed by atoms with E-state index in [9.17, 15) is 4.79 Å². The van der Waals surface area contributed by atoms with Crippen LogP contribution in [-0.4, -0.2) is 16.7 Å². The van der Waals surface area contributed by atoms with Gasteiger partial charge < -0.3 is 20.7 Å². The van der Waals surface area contributed by atoms with Crippen molar-refractivity contribution in [2.75, 3.05) is 0 Å². The van der Waals surface area contributed by atoms with Gasteiger partial charge in [0.25, 0.3) is 0 Å². The molecule has 128 valence electrons. The van der Waals surface area contributed by atoms with Gasteiger partial charge in [0.15, 0.2) is 10.8 Å². The number of carbonyl (C=O) groups excluding carboxylic acids is 1. The Balaban J connectivity index is 1.62. The van der Waals surface area contributed by atoms with E-state index in [0.717, 1.165) is 16.9 Å². The van der Waals surface area contributed by atoms with Gasteiger partial charge in [-0.25, -0.2) is 0 Å². The highest BCUT2D eigenvalue weighted by Crippen LogP contribution is 2.44. The number of amides is 1. The average molecular weight is 353 g/mol. The first-order chi connectivity index (χ1) is 12.1. The minimum atomic E-state index is -0.887. The van der Waals surface area contributed by atoms with E-state index in [1.54, 1.807) is 0 Å². The number of ether oxygens (including phenoxy) is 1. The smallest absolute Gasteiger partial charge is 0.231 e. The molecule has 1 amide bonds. The Morgan fingerprint density at radius 3 is 2.72 bits per heavy atom. The number of hydrogen-bond donors (Lipinski definition) is 3. The number of rotatable bonds is 3. The van der Waals surface area contributed by atoms with Gasteiger partial charge in [-0.1, -0.05) is 48.5 Å². The molecule has 3 atom stereocenters. The largest absolute Gasteiger partial charge is 0.467 e. The van der Waals surface area contributed by atoms with Crippen LogP contribution in [0, 0.1) is 5.92 Å². The molecule has 1 fully saturated rings. The van der Waals surface area contributed by atoms with Gasteiger partial charge in [0, 0.05) is 12.1 Å². The summed E-state index contributed by atoms with van der Waals surface area (Å²) in [6.07, 6.45) is 0. The van der Waals surface area contributed by atoms with Crippen molar-refractivity contribution >= 4 is 23.2 Å². The van der Waals surface area contributed by atoms with Crippen LogP contribution < -0.4 is 20.7 Å². The number of benzene rings is 2. The van der Waals surface area contributed by atoms with Gasteiger partial charge in [-0.15, -0.1) is 0 Å². The maximum absolute atomic E-state index is 13.0. The normalized spacial score (nSPS) is 26.5. The Morgan fingerprint density at radius 2 is 1.92 bits per heavy atom. The number of para-hydroxylation sites is 1. The molecular weight excluding hydrogens is 334 g/mol. The molecule has 2 aromatic rings. The third kappa shape index (κ3) is 2.82. The van der Waals surface area contributed by atoms with Crippen molar-refractivity contribution in [2.24, 2.45) is 5.92 Å². The fraction of sp³-hybridized carbons (Fsp3) is 0.263. The lowest BCUT2D eigenvalue weighted by molar-refractivity contribution is -0.138. The van der Waals surface area contributed by atoms with E-state index in [4.69, 9.17) is 17.0 Å². The summed E-state index contributed by atoms with van der Waals surface area (Å²) in [7, 11) is 0. The standard InChI is InChI=1S/C19H19N3O2S/c1-19-15(17(23)20-11-12-7-3-2-4-8-12)16(21-18(25)22-19)13-9-5-6-10-14(13)24-19/h2-10,15-16H,11H2,1H3,(H,20,23)(H2,21,22,25)/t15-,16+,19+/m0/s1. The molecule has 0 unspecified atom stereocenters. The summed E-state index contributed by atoms with van der Waals surface area (Å²) in [5, 5.41) is 9.89. The molecule has 0 saturated carbocycles. The van der Waals surface area contributed by atoms with Crippen molar-refractivity contribution in [3.63, 3.8) is 0 Å².